The van der Waals surface area contributed by atoms with Gasteiger partial charge < -0.3 is 19.8 Å². The summed E-state index contributed by atoms with van der Waals surface area (Å²) >= 11 is 0. The van der Waals surface area contributed by atoms with E-state index >= 15 is 0 Å². The number of urea groups is 1. The number of rotatable bonds is 5. The number of halogens is 1. The third-order valence-electron chi connectivity index (χ3n) is 4.06. The first-order chi connectivity index (χ1) is 12.6. The summed E-state index contributed by atoms with van der Waals surface area (Å²) in [5, 5.41) is 6.83. The summed E-state index contributed by atoms with van der Waals surface area (Å²) in [7, 11) is 3.22. The summed E-state index contributed by atoms with van der Waals surface area (Å²) < 4.78 is 18.6. The van der Waals surface area contributed by atoms with Crippen LogP contribution in [0.4, 0.5) is 14.9 Å². The maximum absolute atomic E-state index is 13.3. The van der Waals surface area contributed by atoms with Gasteiger partial charge in [-0.25, -0.2) is 9.18 Å². The number of nitrogens with one attached hydrogen (secondary N) is 1. The van der Waals surface area contributed by atoms with Crippen molar-refractivity contribution in [1.82, 2.24) is 4.90 Å². The van der Waals surface area contributed by atoms with Crippen LogP contribution in [-0.2, 0) is 4.84 Å². The van der Waals surface area contributed by atoms with E-state index in [2.05, 4.69) is 10.5 Å². The number of oxime groups is 1. The number of anilines is 1. The van der Waals surface area contributed by atoms with Crippen LogP contribution in [0.15, 0.2) is 53.7 Å². The molecule has 2 aromatic rings. The molecule has 1 aliphatic rings. The number of para-hydroxylation sites is 2. The molecule has 1 atom stereocenters. The highest BCUT2D eigenvalue weighted by molar-refractivity contribution is 6.01. The minimum atomic E-state index is -0.318. The highest BCUT2D eigenvalue weighted by atomic mass is 19.1. The van der Waals surface area contributed by atoms with Gasteiger partial charge in [-0.15, -0.1) is 0 Å². The van der Waals surface area contributed by atoms with Crippen molar-refractivity contribution in [3.63, 3.8) is 0 Å². The van der Waals surface area contributed by atoms with Crippen LogP contribution in [0.3, 0.4) is 0 Å². The topological polar surface area (TPSA) is 63.2 Å². The van der Waals surface area contributed by atoms with E-state index in [1.54, 1.807) is 38.4 Å². The average molecular weight is 357 g/mol. The lowest BCUT2D eigenvalue weighted by atomic mass is 10.0. The normalized spacial score (nSPS) is 15.8. The zero-order valence-corrected chi connectivity index (χ0v) is 14.6. The third kappa shape index (κ3) is 4.11. The van der Waals surface area contributed by atoms with Crippen LogP contribution >= 0.6 is 0 Å². The molecule has 7 heteroatoms. The molecule has 0 bridgehead atoms. The van der Waals surface area contributed by atoms with Crippen molar-refractivity contribution in [3.8, 4) is 5.75 Å². The van der Waals surface area contributed by atoms with Crippen LogP contribution in [0, 0.1) is 5.82 Å². The predicted molar refractivity (Wildman–Crippen MR) is 97.1 cm³/mol. The molecule has 26 heavy (non-hydrogen) atoms. The molecule has 1 N–H and O–H groups in total. The molecule has 2 aromatic carbocycles. The molecule has 0 saturated heterocycles. The monoisotopic (exact) mass is 357 g/mol. The lowest BCUT2D eigenvalue weighted by molar-refractivity contribution is 0.0672. The predicted octanol–water partition coefficient (Wildman–Crippen LogP) is 3.49. The second-order valence-corrected chi connectivity index (χ2v) is 5.99. The molecule has 1 heterocycles. The summed E-state index contributed by atoms with van der Waals surface area (Å²) in [5.74, 6) is 0.269. The molecule has 0 radical (unpaired) electrons. The second kappa shape index (κ2) is 7.86. The first kappa shape index (κ1) is 17.7. The lowest BCUT2D eigenvalue weighted by Crippen LogP contribution is -2.37. The number of ether oxygens (including phenoxy) is 1. The van der Waals surface area contributed by atoms with Crippen molar-refractivity contribution >= 4 is 17.4 Å². The van der Waals surface area contributed by atoms with E-state index in [1.807, 2.05) is 12.1 Å². The molecule has 3 rings (SSSR count). The first-order valence-electron chi connectivity index (χ1n) is 8.20. The van der Waals surface area contributed by atoms with Gasteiger partial charge in [-0.1, -0.05) is 29.4 Å². The first-order valence-corrected chi connectivity index (χ1v) is 8.20. The molecule has 0 fully saturated rings. The van der Waals surface area contributed by atoms with Crippen LogP contribution in [0.25, 0.3) is 0 Å². The average Bonchev–Trinajstić information content (AvgIpc) is 3.10. The maximum Gasteiger partial charge on any atom is 0.321 e. The van der Waals surface area contributed by atoms with Crippen LogP contribution in [0.2, 0.25) is 0 Å². The number of nitrogens with zero attached hydrogens (tertiary/aromatic N) is 2. The number of hydrogen-bond acceptors (Lipinski definition) is 4. The Bertz CT molecular complexity index is 825. The molecule has 6 nitrogen and oxygen atoms in total. The Labute approximate surface area is 151 Å². The molecule has 2 amide bonds. The van der Waals surface area contributed by atoms with E-state index in [1.165, 1.54) is 17.0 Å². The van der Waals surface area contributed by atoms with Gasteiger partial charge in [0.05, 0.1) is 25.1 Å². The fraction of sp³-hybridized carbons (Fsp3) is 0.263. The van der Waals surface area contributed by atoms with Gasteiger partial charge >= 0.3 is 6.03 Å². The largest absolute Gasteiger partial charge is 0.495 e. The van der Waals surface area contributed by atoms with Gasteiger partial charge in [0.25, 0.3) is 0 Å². The van der Waals surface area contributed by atoms with Gasteiger partial charge in [-0.2, -0.15) is 0 Å². The molecule has 0 spiro atoms. The number of likely N-dealkylation sites (N-methyl/N-ethyl adjacent to an activating group) is 1. The summed E-state index contributed by atoms with van der Waals surface area (Å²) in [4.78, 5) is 19.3. The Morgan fingerprint density at radius 1 is 1.35 bits per heavy atom. The van der Waals surface area contributed by atoms with Crippen molar-refractivity contribution in [2.24, 2.45) is 5.16 Å². The van der Waals surface area contributed by atoms with Crippen LogP contribution in [-0.4, -0.2) is 43.4 Å². The zero-order valence-electron chi connectivity index (χ0n) is 14.6. The highest BCUT2D eigenvalue weighted by Gasteiger charge is 2.25. The Hall–Kier alpha value is -3.09. The minimum absolute atomic E-state index is 0.276. The van der Waals surface area contributed by atoms with E-state index in [-0.39, 0.29) is 18.0 Å². The van der Waals surface area contributed by atoms with E-state index in [0.717, 1.165) is 0 Å². The zero-order chi connectivity index (χ0) is 18.5. The van der Waals surface area contributed by atoms with Gasteiger partial charge in [0.15, 0.2) is 6.10 Å². The van der Waals surface area contributed by atoms with Crippen LogP contribution in [0.5, 0.6) is 5.75 Å². The van der Waals surface area contributed by atoms with Crippen LogP contribution in [0.1, 0.15) is 12.0 Å². The van der Waals surface area contributed by atoms with Gasteiger partial charge in [0.2, 0.25) is 0 Å². The number of hydrogen-bond donors (Lipinski definition) is 1. The standard InChI is InChI=1S/C19H20FN3O3/c1-23(19(24)21-16-8-3-4-9-18(16)25-2)12-15-11-17(22-26-15)13-6-5-7-14(20)10-13/h3-10,15H,11-12H2,1-2H3,(H,21,24). The van der Waals surface area contributed by atoms with Crippen LogP contribution < -0.4 is 10.1 Å². The van der Waals surface area contributed by atoms with Crippen molar-refractivity contribution in [2.45, 2.75) is 12.5 Å². The van der Waals surface area contributed by atoms with E-state index in [0.29, 0.717) is 35.7 Å². The molecule has 1 aliphatic heterocycles. The van der Waals surface area contributed by atoms with Crippen molar-refractivity contribution in [1.29, 1.82) is 0 Å². The van der Waals surface area contributed by atoms with Gasteiger partial charge in [0, 0.05) is 19.0 Å². The maximum atomic E-state index is 13.3. The molecule has 0 aromatic heterocycles. The van der Waals surface area contributed by atoms with E-state index in [9.17, 15) is 9.18 Å². The molecular weight excluding hydrogens is 337 g/mol. The smallest absolute Gasteiger partial charge is 0.321 e. The van der Waals surface area contributed by atoms with Crippen molar-refractivity contribution in [3.05, 3.63) is 59.9 Å². The number of carbonyl (C=O) groups excluding carboxylic acids is 1. The summed E-state index contributed by atoms with van der Waals surface area (Å²) in [6.45, 7) is 0.350. The van der Waals surface area contributed by atoms with Crippen molar-refractivity contribution < 1.29 is 18.8 Å². The molecule has 0 saturated carbocycles. The minimum Gasteiger partial charge on any atom is -0.495 e. The van der Waals surface area contributed by atoms with E-state index in [4.69, 9.17) is 9.57 Å². The molecule has 1 unspecified atom stereocenters. The fourth-order valence-electron chi connectivity index (χ4n) is 2.71. The number of amides is 2. The Balaban J connectivity index is 1.56. The lowest BCUT2D eigenvalue weighted by Gasteiger charge is -2.21. The van der Waals surface area contributed by atoms with Gasteiger partial charge in [-0.3, -0.25) is 0 Å². The molecular formula is C19H20FN3O3. The summed E-state index contributed by atoms with van der Waals surface area (Å²) in [6, 6.07) is 13.1. The fourth-order valence-corrected chi connectivity index (χ4v) is 2.71. The summed E-state index contributed by atoms with van der Waals surface area (Å²) in [5.41, 5.74) is 1.96. The summed E-state index contributed by atoms with van der Waals surface area (Å²) in [6.07, 6.45) is 0.233. The van der Waals surface area contributed by atoms with Gasteiger partial charge in [0.1, 0.15) is 11.6 Å². The molecule has 136 valence electrons. The third-order valence-corrected chi connectivity index (χ3v) is 4.06. The SMILES string of the molecule is COc1ccccc1NC(=O)N(C)CC1CC(c2cccc(F)c2)=NO1. The Morgan fingerprint density at radius 3 is 2.92 bits per heavy atom. The highest BCUT2D eigenvalue weighted by Crippen LogP contribution is 2.23. The van der Waals surface area contributed by atoms with Crippen molar-refractivity contribution in [2.75, 3.05) is 26.0 Å². The quantitative estimate of drug-likeness (QED) is 0.891. The Morgan fingerprint density at radius 2 is 2.15 bits per heavy atom. The second-order valence-electron chi connectivity index (χ2n) is 5.99. The molecule has 0 aliphatic carbocycles. The van der Waals surface area contributed by atoms with Gasteiger partial charge in [-0.05, 0) is 24.3 Å². The number of methoxy groups -OCH3 is 1. The Kier molecular flexibility index (Phi) is 5.36. The number of benzene rings is 2. The van der Waals surface area contributed by atoms with E-state index < -0.39 is 0 Å². The number of carbonyl (C=O) groups is 1.